The van der Waals surface area contributed by atoms with E-state index in [1.165, 1.54) is 6.92 Å². The normalized spacial score (nSPS) is 29.2. The first-order valence-electron chi connectivity index (χ1n) is 6.51. The van der Waals surface area contributed by atoms with Crippen molar-refractivity contribution in [1.82, 2.24) is 4.90 Å². The lowest BCUT2D eigenvalue weighted by atomic mass is 9.89. The highest BCUT2D eigenvalue weighted by Crippen LogP contribution is 2.27. The second-order valence-corrected chi connectivity index (χ2v) is 5.09. The van der Waals surface area contributed by atoms with Crippen LogP contribution in [0.4, 0.5) is 0 Å². The van der Waals surface area contributed by atoms with Gasteiger partial charge in [0.25, 0.3) is 0 Å². The molecule has 1 saturated heterocycles. The Morgan fingerprint density at radius 3 is 2.94 bits per heavy atom. The molecule has 0 unspecified atom stereocenters. The number of rotatable bonds is 3. The average molecular weight is 251 g/mol. The van der Waals surface area contributed by atoms with Crippen molar-refractivity contribution in [3.63, 3.8) is 0 Å². The standard InChI is InChI=1S/C14H21NO3/c1-10-11(2)15(9-13-5-4-8-17-13)7-6-14(10)18-12(3)16/h4-5,8,10-11,14H,6-7,9H2,1-3H3/t10-,11+,14+/m0/s1. The van der Waals surface area contributed by atoms with E-state index in [1.807, 2.05) is 12.1 Å². The first kappa shape index (κ1) is 13.1. The minimum atomic E-state index is -0.182. The van der Waals surface area contributed by atoms with Crippen LogP contribution in [0.1, 0.15) is 33.0 Å². The molecular weight excluding hydrogens is 230 g/mol. The summed E-state index contributed by atoms with van der Waals surface area (Å²) in [7, 11) is 0. The fourth-order valence-corrected chi connectivity index (χ4v) is 2.61. The van der Waals surface area contributed by atoms with Gasteiger partial charge < -0.3 is 9.15 Å². The summed E-state index contributed by atoms with van der Waals surface area (Å²) in [6.07, 6.45) is 2.64. The van der Waals surface area contributed by atoms with E-state index in [0.29, 0.717) is 12.0 Å². The summed E-state index contributed by atoms with van der Waals surface area (Å²) < 4.78 is 10.8. The second-order valence-electron chi connectivity index (χ2n) is 5.09. The molecule has 2 heterocycles. The molecule has 3 atom stereocenters. The topological polar surface area (TPSA) is 42.7 Å². The molecule has 1 aliphatic heterocycles. The van der Waals surface area contributed by atoms with E-state index in [2.05, 4.69) is 18.7 Å². The number of hydrogen-bond acceptors (Lipinski definition) is 4. The Morgan fingerprint density at radius 2 is 2.33 bits per heavy atom. The van der Waals surface area contributed by atoms with E-state index in [9.17, 15) is 4.79 Å². The highest BCUT2D eigenvalue weighted by atomic mass is 16.5. The molecule has 0 N–H and O–H groups in total. The number of carbonyl (C=O) groups is 1. The molecule has 0 spiro atoms. The van der Waals surface area contributed by atoms with Crippen molar-refractivity contribution in [3.8, 4) is 0 Å². The Hall–Kier alpha value is -1.29. The van der Waals surface area contributed by atoms with Gasteiger partial charge in [-0.25, -0.2) is 0 Å². The zero-order valence-corrected chi connectivity index (χ0v) is 11.3. The van der Waals surface area contributed by atoms with Crippen LogP contribution >= 0.6 is 0 Å². The average Bonchev–Trinajstić information content (AvgIpc) is 2.81. The van der Waals surface area contributed by atoms with Crippen molar-refractivity contribution in [3.05, 3.63) is 24.2 Å². The van der Waals surface area contributed by atoms with Gasteiger partial charge >= 0.3 is 5.97 Å². The number of carbonyl (C=O) groups excluding carboxylic acids is 1. The van der Waals surface area contributed by atoms with Crippen molar-refractivity contribution < 1.29 is 13.9 Å². The van der Waals surface area contributed by atoms with E-state index < -0.39 is 0 Å². The van der Waals surface area contributed by atoms with Crippen LogP contribution in [0.25, 0.3) is 0 Å². The molecule has 1 fully saturated rings. The molecule has 2 rings (SSSR count). The summed E-state index contributed by atoms with van der Waals surface area (Å²) in [5, 5.41) is 0. The van der Waals surface area contributed by atoms with E-state index in [-0.39, 0.29) is 12.1 Å². The summed E-state index contributed by atoms with van der Waals surface area (Å²) in [6, 6.07) is 4.29. The van der Waals surface area contributed by atoms with Gasteiger partial charge in [0.2, 0.25) is 0 Å². The van der Waals surface area contributed by atoms with Crippen molar-refractivity contribution in [2.45, 2.75) is 45.9 Å². The molecule has 0 saturated carbocycles. The number of hydrogen-bond donors (Lipinski definition) is 0. The number of piperidine rings is 1. The maximum absolute atomic E-state index is 11.1. The van der Waals surface area contributed by atoms with Gasteiger partial charge in [-0.2, -0.15) is 0 Å². The van der Waals surface area contributed by atoms with Crippen LogP contribution in [0.2, 0.25) is 0 Å². The molecule has 0 radical (unpaired) electrons. The molecule has 18 heavy (non-hydrogen) atoms. The molecule has 0 aromatic carbocycles. The van der Waals surface area contributed by atoms with E-state index in [0.717, 1.165) is 25.3 Å². The van der Waals surface area contributed by atoms with Gasteiger partial charge in [-0.15, -0.1) is 0 Å². The van der Waals surface area contributed by atoms with Crippen LogP contribution in [-0.4, -0.2) is 29.6 Å². The largest absolute Gasteiger partial charge is 0.468 e. The summed E-state index contributed by atoms with van der Waals surface area (Å²) in [5.74, 6) is 1.15. The predicted octanol–water partition coefficient (Wildman–Crippen LogP) is 2.44. The lowest BCUT2D eigenvalue weighted by Gasteiger charge is -2.41. The maximum atomic E-state index is 11.1. The number of ether oxygens (including phenoxy) is 1. The zero-order valence-electron chi connectivity index (χ0n) is 11.3. The highest BCUT2D eigenvalue weighted by Gasteiger charge is 2.34. The number of furan rings is 1. The smallest absolute Gasteiger partial charge is 0.302 e. The second kappa shape index (κ2) is 5.57. The first-order chi connectivity index (χ1) is 8.58. The minimum absolute atomic E-state index is 0.0466. The van der Waals surface area contributed by atoms with Gasteiger partial charge in [-0.1, -0.05) is 6.92 Å². The Bertz CT molecular complexity index is 388. The number of likely N-dealkylation sites (tertiary alicyclic amines) is 1. The van der Waals surface area contributed by atoms with Crippen LogP contribution in [0.15, 0.2) is 22.8 Å². The van der Waals surface area contributed by atoms with Gasteiger partial charge in [0.1, 0.15) is 11.9 Å². The minimum Gasteiger partial charge on any atom is -0.468 e. The molecule has 0 amide bonds. The highest BCUT2D eigenvalue weighted by molar-refractivity contribution is 5.66. The quantitative estimate of drug-likeness (QED) is 0.774. The summed E-state index contributed by atoms with van der Waals surface area (Å²) in [4.78, 5) is 13.4. The third-order valence-electron chi connectivity index (χ3n) is 3.88. The fraction of sp³-hybridized carbons (Fsp3) is 0.643. The maximum Gasteiger partial charge on any atom is 0.302 e. The molecule has 1 aromatic heterocycles. The Kier molecular flexibility index (Phi) is 4.07. The Labute approximate surface area is 108 Å². The van der Waals surface area contributed by atoms with Gasteiger partial charge in [-0.3, -0.25) is 9.69 Å². The van der Waals surface area contributed by atoms with Gasteiger partial charge in [0.15, 0.2) is 0 Å². The Balaban J connectivity index is 1.95. The lowest BCUT2D eigenvalue weighted by Crippen LogP contribution is -2.49. The fourth-order valence-electron chi connectivity index (χ4n) is 2.61. The van der Waals surface area contributed by atoms with E-state index >= 15 is 0 Å². The summed E-state index contributed by atoms with van der Waals surface area (Å²) in [6.45, 7) is 7.57. The Morgan fingerprint density at radius 1 is 1.56 bits per heavy atom. The summed E-state index contributed by atoms with van der Waals surface area (Å²) >= 11 is 0. The number of nitrogens with zero attached hydrogens (tertiary/aromatic N) is 1. The SMILES string of the molecule is CC(=O)O[C@@H]1CCN(Cc2ccco2)[C@H](C)[C@@H]1C. The number of esters is 1. The van der Waals surface area contributed by atoms with Crippen LogP contribution < -0.4 is 0 Å². The third kappa shape index (κ3) is 2.93. The van der Waals surface area contributed by atoms with E-state index in [4.69, 9.17) is 9.15 Å². The van der Waals surface area contributed by atoms with E-state index in [1.54, 1.807) is 6.26 Å². The molecule has 4 nitrogen and oxygen atoms in total. The van der Waals surface area contributed by atoms with Crippen LogP contribution in [0.5, 0.6) is 0 Å². The van der Waals surface area contributed by atoms with Crippen molar-refractivity contribution >= 4 is 5.97 Å². The van der Waals surface area contributed by atoms with Gasteiger partial charge in [0.05, 0.1) is 12.8 Å². The monoisotopic (exact) mass is 251 g/mol. The first-order valence-corrected chi connectivity index (χ1v) is 6.51. The molecular formula is C14H21NO3. The van der Waals surface area contributed by atoms with Gasteiger partial charge in [0, 0.05) is 25.4 Å². The lowest BCUT2D eigenvalue weighted by molar-refractivity contribution is -0.153. The molecule has 1 aliphatic rings. The van der Waals surface area contributed by atoms with Crippen molar-refractivity contribution in [2.75, 3.05) is 6.54 Å². The molecule has 4 heteroatoms. The zero-order chi connectivity index (χ0) is 13.1. The predicted molar refractivity (Wildman–Crippen MR) is 67.9 cm³/mol. The molecule has 1 aromatic rings. The third-order valence-corrected chi connectivity index (χ3v) is 3.88. The molecule has 0 bridgehead atoms. The molecule has 0 aliphatic carbocycles. The van der Waals surface area contributed by atoms with Crippen molar-refractivity contribution in [1.29, 1.82) is 0 Å². The van der Waals surface area contributed by atoms with Crippen LogP contribution in [0.3, 0.4) is 0 Å². The van der Waals surface area contributed by atoms with Crippen molar-refractivity contribution in [2.24, 2.45) is 5.92 Å². The molecule has 100 valence electrons. The van der Waals surface area contributed by atoms with Crippen LogP contribution in [0, 0.1) is 5.92 Å². The summed E-state index contributed by atoms with van der Waals surface area (Å²) in [5.41, 5.74) is 0. The van der Waals surface area contributed by atoms with Crippen LogP contribution in [-0.2, 0) is 16.1 Å². The van der Waals surface area contributed by atoms with Gasteiger partial charge in [-0.05, 0) is 25.5 Å².